The molecule has 2 amide bonds. The Hall–Kier alpha value is -4.07. The Labute approximate surface area is 235 Å². The van der Waals surface area contributed by atoms with E-state index in [4.69, 9.17) is 11.2 Å². The van der Waals surface area contributed by atoms with Crippen molar-refractivity contribution in [2.24, 2.45) is 0 Å². The zero-order valence-electron chi connectivity index (χ0n) is 22.3. The smallest absolute Gasteiger partial charge is 0.322 e. The van der Waals surface area contributed by atoms with Gasteiger partial charge >= 0.3 is 6.03 Å². The van der Waals surface area contributed by atoms with Crippen molar-refractivity contribution in [3.05, 3.63) is 84.2 Å². The molecule has 2 N–H and O–H groups in total. The van der Waals surface area contributed by atoms with Crippen LogP contribution in [0.3, 0.4) is 0 Å². The van der Waals surface area contributed by atoms with Crippen LogP contribution in [0.2, 0.25) is 0 Å². The number of terminal acetylenes is 1. The van der Waals surface area contributed by atoms with Crippen LogP contribution >= 0.6 is 0 Å². The largest absolute Gasteiger partial charge is 0.457 e. The number of anilines is 2. The van der Waals surface area contributed by atoms with Crippen LogP contribution in [0.4, 0.5) is 20.6 Å². The number of piperidine rings is 1. The van der Waals surface area contributed by atoms with Gasteiger partial charge < -0.3 is 15.0 Å². The van der Waals surface area contributed by atoms with E-state index in [0.717, 1.165) is 44.3 Å². The van der Waals surface area contributed by atoms with Crippen molar-refractivity contribution in [3.8, 4) is 23.8 Å². The molecule has 40 heavy (non-hydrogen) atoms. The zero-order valence-corrected chi connectivity index (χ0v) is 23.2. The summed E-state index contributed by atoms with van der Waals surface area (Å²) in [6.07, 6.45) is 8.70. The molecule has 1 aliphatic heterocycles. The van der Waals surface area contributed by atoms with Crippen LogP contribution in [-0.2, 0) is 16.6 Å². The number of benzene rings is 3. The monoisotopic (exact) mass is 564 g/mol. The lowest BCUT2D eigenvalue weighted by Gasteiger charge is -2.38. The summed E-state index contributed by atoms with van der Waals surface area (Å²) in [5, 5.41) is 2.86. The lowest BCUT2D eigenvalue weighted by Crippen LogP contribution is -2.49. The maximum absolute atomic E-state index is 13.2. The molecule has 1 heterocycles. The number of likely N-dealkylation sites (tertiary alicyclic amines) is 1. The van der Waals surface area contributed by atoms with Crippen LogP contribution in [0.25, 0.3) is 0 Å². The second-order valence-electron chi connectivity index (χ2n) is 9.74. The fraction of sp³-hybridized carbons (Fsp3) is 0.300. The van der Waals surface area contributed by atoms with E-state index in [9.17, 15) is 17.6 Å². The van der Waals surface area contributed by atoms with Crippen LogP contribution in [0.1, 0.15) is 24.8 Å². The van der Waals surface area contributed by atoms with Gasteiger partial charge in [0.25, 0.3) is 0 Å². The number of nitrogens with one attached hydrogen (secondary N) is 2. The summed E-state index contributed by atoms with van der Waals surface area (Å²) in [5.41, 5.74) is 2.17. The summed E-state index contributed by atoms with van der Waals surface area (Å²) in [5.74, 6) is 3.55. The summed E-state index contributed by atoms with van der Waals surface area (Å²) in [7, 11) is -3.33. The Morgan fingerprint density at radius 3 is 2.15 bits per heavy atom. The first-order valence-electron chi connectivity index (χ1n) is 13.0. The number of halogens is 1. The third-order valence-electron chi connectivity index (χ3n) is 6.57. The quantitative estimate of drug-likeness (QED) is 0.317. The molecule has 8 nitrogen and oxygen atoms in total. The molecule has 210 valence electrons. The number of amides is 2. The van der Waals surface area contributed by atoms with Crippen molar-refractivity contribution in [2.45, 2.75) is 31.8 Å². The van der Waals surface area contributed by atoms with Crippen LogP contribution in [-0.4, -0.2) is 56.2 Å². The second-order valence-corrected chi connectivity index (χ2v) is 11.5. The van der Waals surface area contributed by atoms with Crippen molar-refractivity contribution < 1.29 is 22.3 Å². The third kappa shape index (κ3) is 8.73. The van der Waals surface area contributed by atoms with E-state index in [1.54, 1.807) is 41.3 Å². The molecule has 4 rings (SSSR count). The first kappa shape index (κ1) is 28.9. The lowest BCUT2D eigenvalue weighted by atomic mass is 10.0. The normalized spacial score (nSPS) is 14.2. The molecule has 10 heteroatoms. The summed E-state index contributed by atoms with van der Waals surface area (Å²) in [6, 6.07) is 20.1. The van der Waals surface area contributed by atoms with Gasteiger partial charge in [0.1, 0.15) is 17.3 Å². The maximum atomic E-state index is 13.2. The zero-order chi connectivity index (χ0) is 28.5. The van der Waals surface area contributed by atoms with Crippen LogP contribution < -0.4 is 14.8 Å². The summed E-state index contributed by atoms with van der Waals surface area (Å²) in [4.78, 5) is 17.2. The van der Waals surface area contributed by atoms with Gasteiger partial charge in [-0.05, 0) is 79.1 Å². The summed E-state index contributed by atoms with van der Waals surface area (Å²) in [6.45, 7) is 2.93. The Balaban J connectivity index is 1.27. The molecular weight excluding hydrogens is 531 g/mol. The molecule has 0 bridgehead atoms. The minimum absolute atomic E-state index is 0.0693. The molecule has 0 unspecified atom stereocenters. The van der Waals surface area contributed by atoms with Crippen molar-refractivity contribution in [1.29, 1.82) is 0 Å². The maximum Gasteiger partial charge on any atom is 0.322 e. The minimum atomic E-state index is -3.33. The predicted octanol–water partition coefficient (Wildman–Crippen LogP) is 5.51. The van der Waals surface area contributed by atoms with Crippen LogP contribution in [0, 0.1) is 18.2 Å². The number of carbonyl (C=O) groups is 1. The SMILES string of the molecule is C#CCCN(C(=O)Nc1ccc(F)cc1)C1CCN(Cc2ccc(Oc3ccc(NS(C)(=O)=O)cc3)cc2)CC1. The van der Waals surface area contributed by atoms with Gasteiger partial charge in [-0.1, -0.05) is 12.1 Å². The Bertz CT molecular complexity index is 1410. The van der Waals surface area contributed by atoms with E-state index in [1.807, 2.05) is 24.3 Å². The molecule has 0 spiro atoms. The molecule has 1 fully saturated rings. The van der Waals surface area contributed by atoms with Gasteiger partial charge in [-0.15, -0.1) is 12.3 Å². The Morgan fingerprint density at radius 1 is 1.00 bits per heavy atom. The minimum Gasteiger partial charge on any atom is -0.457 e. The first-order valence-corrected chi connectivity index (χ1v) is 14.9. The molecule has 0 aliphatic carbocycles. The number of ether oxygens (including phenoxy) is 1. The Morgan fingerprint density at radius 2 is 1.57 bits per heavy atom. The van der Waals surface area contributed by atoms with Crippen molar-refractivity contribution >= 4 is 27.4 Å². The topological polar surface area (TPSA) is 91.0 Å². The van der Waals surface area contributed by atoms with Gasteiger partial charge in [0.05, 0.1) is 6.26 Å². The number of carbonyl (C=O) groups excluding carboxylic acids is 1. The average Bonchev–Trinajstić information content (AvgIpc) is 2.92. The first-order chi connectivity index (χ1) is 19.2. The predicted molar refractivity (Wildman–Crippen MR) is 155 cm³/mol. The summed E-state index contributed by atoms with van der Waals surface area (Å²) < 4.78 is 44.2. The molecule has 1 aliphatic rings. The van der Waals surface area contributed by atoms with E-state index in [-0.39, 0.29) is 17.9 Å². The number of rotatable bonds is 10. The number of sulfonamides is 1. The highest BCUT2D eigenvalue weighted by atomic mass is 32.2. The van der Waals surface area contributed by atoms with E-state index in [0.29, 0.717) is 35.8 Å². The van der Waals surface area contributed by atoms with Crippen molar-refractivity contribution in [2.75, 3.05) is 35.9 Å². The molecule has 0 saturated carbocycles. The number of hydrogen-bond donors (Lipinski definition) is 2. The van der Waals surface area contributed by atoms with Crippen LogP contribution in [0.5, 0.6) is 11.5 Å². The van der Waals surface area contributed by atoms with Gasteiger partial charge in [0, 0.05) is 50.0 Å². The van der Waals surface area contributed by atoms with Crippen molar-refractivity contribution in [1.82, 2.24) is 9.80 Å². The molecule has 0 aromatic heterocycles. The number of hydrogen-bond acceptors (Lipinski definition) is 5. The van der Waals surface area contributed by atoms with E-state index in [2.05, 4.69) is 20.9 Å². The Kier molecular flexibility index (Phi) is 9.64. The molecule has 0 atom stereocenters. The van der Waals surface area contributed by atoms with E-state index < -0.39 is 10.0 Å². The fourth-order valence-electron chi connectivity index (χ4n) is 4.61. The molecular formula is C30H33FN4O4S. The molecule has 0 radical (unpaired) electrons. The molecule has 3 aromatic carbocycles. The van der Waals surface area contributed by atoms with Gasteiger partial charge in [0.15, 0.2) is 0 Å². The summed E-state index contributed by atoms with van der Waals surface area (Å²) >= 11 is 0. The third-order valence-corrected chi connectivity index (χ3v) is 7.18. The standard InChI is InChI=1S/C30H33FN4O4S/c1-3-4-19-35(30(36)32-25-9-7-24(31)8-10-25)27-17-20-34(21-18-27)22-23-5-13-28(14-6-23)39-29-15-11-26(12-16-29)33-40(2,37)38/h1,5-16,27,33H,4,17-22H2,2H3,(H,32,36). The highest BCUT2D eigenvalue weighted by Gasteiger charge is 2.28. The molecule has 1 saturated heterocycles. The van der Waals surface area contributed by atoms with E-state index >= 15 is 0 Å². The van der Waals surface area contributed by atoms with Gasteiger partial charge in [-0.3, -0.25) is 9.62 Å². The number of urea groups is 1. The van der Waals surface area contributed by atoms with Gasteiger partial charge in [0.2, 0.25) is 10.0 Å². The second kappa shape index (κ2) is 13.3. The number of nitrogens with zero attached hydrogens (tertiary/aromatic N) is 2. The average molecular weight is 565 g/mol. The van der Waals surface area contributed by atoms with Gasteiger partial charge in [-0.25, -0.2) is 17.6 Å². The highest BCUT2D eigenvalue weighted by Crippen LogP contribution is 2.25. The molecule has 3 aromatic rings. The van der Waals surface area contributed by atoms with Crippen LogP contribution in [0.15, 0.2) is 72.8 Å². The van der Waals surface area contributed by atoms with Gasteiger partial charge in [-0.2, -0.15) is 0 Å². The lowest BCUT2D eigenvalue weighted by molar-refractivity contribution is 0.125. The van der Waals surface area contributed by atoms with E-state index in [1.165, 1.54) is 12.1 Å². The van der Waals surface area contributed by atoms with Crippen molar-refractivity contribution in [3.63, 3.8) is 0 Å². The highest BCUT2D eigenvalue weighted by molar-refractivity contribution is 7.92. The fourth-order valence-corrected chi connectivity index (χ4v) is 5.18.